The lowest BCUT2D eigenvalue weighted by Crippen LogP contribution is -2.43. The van der Waals surface area contributed by atoms with Crippen molar-refractivity contribution >= 4 is 23.2 Å². The van der Waals surface area contributed by atoms with Gasteiger partial charge in [0.1, 0.15) is 6.04 Å². The molecule has 1 aliphatic heterocycles. The lowest BCUT2D eigenvalue weighted by atomic mass is 9.94. The van der Waals surface area contributed by atoms with E-state index in [2.05, 4.69) is 0 Å². The van der Waals surface area contributed by atoms with Gasteiger partial charge in [-0.15, -0.1) is 11.3 Å². The number of carbonyl (C=O) groups is 2. The summed E-state index contributed by atoms with van der Waals surface area (Å²) < 4.78 is 0. The molecule has 2 aliphatic rings. The van der Waals surface area contributed by atoms with Gasteiger partial charge in [-0.3, -0.25) is 4.79 Å². The molecule has 1 N–H and O–H groups in total. The SMILES string of the molecule is Cc1ccc(CC(=O)N2C[C@@H]3CCC[C@@H]3[C@H]2C(=O)O)s1. The number of fused-ring (bicyclic) bond motifs is 1. The third-order valence-electron chi connectivity index (χ3n) is 4.59. The second-order valence-electron chi connectivity index (χ2n) is 5.87. The van der Waals surface area contributed by atoms with E-state index in [1.54, 1.807) is 16.2 Å². The Balaban J connectivity index is 1.75. The van der Waals surface area contributed by atoms with Gasteiger partial charge >= 0.3 is 5.97 Å². The fourth-order valence-electron chi connectivity index (χ4n) is 3.71. The van der Waals surface area contributed by atoms with E-state index in [9.17, 15) is 14.7 Å². The van der Waals surface area contributed by atoms with Crippen molar-refractivity contribution in [1.29, 1.82) is 0 Å². The minimum atomic E-state index is -0.838. The van der Waals surface area contributed by atoms with E-state index in [-0.39, 0.29) is 11.8 Å². The molecule has 20 heavy (non-hydrogen) atoms. The average Bonchev–Trinajstić information content (AvgIpc) is 3.02. The van der Waals surface area contributed by atoms with Crippen molar-refractivity contribution in [2.75, 3.05) is 6.54 Å². The third kappa shape index (κ3) is 2.35. The van der Waals surface area contributed by atoms with Gasteiger partial charge in [-0.25, -0.2) is 4.79 Å². The number of aryl methyl sites for hydroxylation is 1. The average molecular weight is 293 g/mol. The fourth-order valence-corrected chi connectivity index (χ4v) is 4.59. The molecule has 0 spiro atoms. The minimum absolute atomic E-state index is 0.0337. The van der Waals surface area contributed by atoms with E-state index < -0.39 is 12.0 Å². The van der Waals surface area contributed by atoms with Crippen LogP contribution in [0.4, 0.5) is 0 Å². The van der Waals surface area contributed by atoms with Gasteiger partial charge in [0.15, 0.2) is 0 Å². The van der Waals surface area contributed by atoms with Crippen molar-refractivity contribution in [3.8, 4) is 0 Å². The van der Waals surface area contributed by atoms with Gasteiger partial charge in [-0.1, -0.05) is 6.42 Å². The largest absolute Gasteiger partial charge is 0.480 e. The Labute approximate surface area is 122 Å². The van der Waals surface area contributed by atoms with Gasteiger partial charge in [0.05, 0.1) is 6.42 Å². The number of hydrogen-bond donors (Lipinski definition) is 1. The summed E-state index contributed by atoms with van der Waals surface area (Å²) in [7, 11) is 0. The summed E-state index contributed by atoms with van der Waals surface area (Å²) in [5, 5.41) is 9.46. The molecule has 0 radical (unpaired) electrons. The molecule has 108 valence electrons. The number of aliphatic carboxylic acids is 1. The smallest absolute Gasteiger partial charge is 0.326 e. The van der Waals surface area contributed by atoms with E-state index in [0.717, 1.165) is 24.1 Å². The highest BCUT2D eigenvalue weighted by Crippen LogP contribution is 2.42. The maximum atomic E-state index is 12.4. The van der Waals surface area contributed by atoms with E-state index in [4.69, 9.17) is 0 Å². The van der Waals surface area contributed by atoms with Crippen LogP contribution >= 0.6 is 11.3 Å². The quantitative estimate of drug-likeness (QED) is 0.930. The predicted molar refractivity (Wildman–Crippen MR) is 76.7 cm³/mol. The maximum Gasteiger partial charge on any atom is 0.326 e. The molecular formula is C15H19NO3S. The number of carbonyl (C=O) groups excluding carboxylic acids is 1. The van der Waals surface area contributed by atoms with Gasteiger partial charge in [-0.2, -0.15) is 0 Å². The van der Waals surface area contributed by atoms with Crippen molar-refractivity contribution in [1.82, 2.24) is 4.90 Å². The number of amides is 1. The second-order valence-corrected chi connectivity index (χ2v) is 7.25. The van der Waals surface area contributed by atoms with Crippen LogP contribution in [0, 0.1) is 18.8 Å². The maximum absolute atomic E-state index is 12.4. The Morgan fingerprint density at radius 1 is 1.40 bits per heavy atom. The number of hydrogen-bond acceptors (Lipinski definition) is 3. The summed E-state index contributed by atoms with van der Waals surface area (Å²) in [5.41, 5.74) is 0. The van der Waals surface area contributed by atoms with Gasteiger partial charge in [0.25, 0.3) is 0 Å². The highest BCUT2D eigenvalue weighted by atomic mass is 32.1. The first-order valence-electron chi connectivity index (χ1n) is 7.14. The predicted octanol–water partition coefficient (Wildman–Crippen LogP) is 2.31. The molecule has 1 aromatic heterocycles. The molecule has 2 fully saturated rings. The molecule has 1 saturated carbocycles. The molecular weight excluding hydrogens is 274 g/mol. The monoisotopic (exact) mass is 293 g/mol. The van der Waals surface area contributed by atoms with E-state index in [1.807, 2.05) is 19.1 Å². The minimum Gasteiger partial charge on any atom is -0.480 e. The first kappa shape index (κ1) is 13.6. The fraction of sp³-hybridized carbons (Fsp3) is 0.600. The van der Waals surface area contributed by atoms with Crippen LogP contribution in [0.25, 0.3) is 0 Å². The first-order chi connectivity index (χ1) is 9.56. The van der Waals surface area contributed by atoms with Crippen molar-refractivity contribution in [2.45, 2.75) is 38.6 Å². The summed E-state index contributed by atoms with van der Waals surface area (Å²) in [6.45, 7) is 2.64. The van der Waals surface area contributed by atoms with E-state index >= 15 is 0 Å². The second kappa shape index (κ2) is 5.20. The van der Waals surface area contributed by atoms with E-state index in [1.165, 1.54) is 4.88 Å². The topological polar surface area (TPSA) is 57.6 Å². The summed E-state index contributed by atoms with van der Waals surface area (Å²) in [6.07, 6.45) is 3.45. The van der Waals surface area contributed by atoms with Crippen molar-refractivity contribution in [3.63, 3.8) is 0 Å². The molecule has 3 atom stereocenters. The number of thiophene rings is 1. The van der Waals surface area contributed by atoms with Gasteiger partial charge in [0, 0.05) is 16.3 Å². The Hall–Kier alpha value is -1.36. The normalized spacial score (nSPS) is 28.6. The Kier molecular flexibility index (Phi) is 3.54. The highest BCUT2D eigenvalue weighted by molar-refractivity contribution is 7.12. The molecule has 0 unspecified atom stereocenters. The van der Waals surface area contributed by atoms with Crippen LogP contribution in [-0.2, 0) is 16.0 Å². The number of carboxylic acid groups (broad SMARTS) is 1. The molecule has 4 nitrogen and oxygen atoms in total. The molecule has 5 heteroatoms. The van der Waals surface area contributed by atoms with Crippen LogP contribution < -0.4 is 0 Å². The lowest BCUT2D eigenvalue weighted by molar-refractivity contribution is -0.149. The number of nitrogens with zero attached hydrogens (tertiary/aromatic N) is 1. The van der Waals surface area contributed by atoms with E-state index in [0.29, 0.717) is 18.9 Å². The van der Waals surface area contributed by atoms with Gasteiger partial charge < -0.3 is 10.0 Å². The van der Waals surface area contributed by atoms with Crippen molar-refractivity contribution in [3.05, 3.63) is 21.9 Å². The molecule has 3 rings (SSSR count). The zero-order valence-corrected chi connectivity index (χ0v) is 12.4. The summed E-state index contributed by atoms with van der Waals surface area (Å²) in [4.78, 5) is 27.8. The zero-order chi connectivity index (χ0) is 14.3. The van der Waals surface area contributed by atoms with Gasteiger partial charge in [0.2, 0.25) is 5.91 Å². The van der Waals surface area contributed by atoms with Crippen LogP contribution in [0.2, 0.25) is 0 Å². The first-order valence-corrected chi connectivity index (χ1v) is 7.95. The summed E-state index contributed by atoms with van der Waals surface area (Å²) >= 11 is 1.61. The summed E-state index contributed by atoms with van der Waals surface area (Å²) in [6, 6.07) is 3.36. The molecule has 0 bridgehead atoms. The standard InChI is InChI=1S/C15H19NO3S/c1-9-5-6-11(20-9)7-13(17)16-8-10-3-2-4-12(10)14(16)15(18)19/h5-6,10,12,14H,2-4,7-8H2,1H3,(H,18,19)/t10-,12-,14-/m0/s1. The number of likely N-dealkylation sites (tertiary alicyclic amines) is 1. The van der Waals surface area contributed by atoms with Crippen LogP contribution in [-0.4, -0.2) is 34.5 Å². The Morgan fingerprint density at radius 2 is 2.20 bits per heavy atom. The molecule has 1 amide bonds. The van der Waals surface area contributed by atoms with Crippen LogP contribution in [0.1, 0.15) is 29.0 Å². The Bertz CT molecular complexity index is 539. The van der Waals surface area contributed by atoms with Crippen LogP contribution in [0.15, 0.2) is 12.1 Å². The summed E-state index contributed by atoms with van der Waals surface area (Å²) in [5.74, 6) is -0.310. The van der Waals surface area contributed by atoms with Crippen LogP contribution in [0.3, 0.4) is 0 Å². The Morgan fingerprint density at radius 3 is 2.85 bits per heavy atom. The third-order valence-corrected chi connectivity index (χ3v) is 5.59. The highest BCUT2D eigenvalue weighted by Gasteiger charge is 2.49. The lowest BCUT2D eigenvalue weighted by Gasteiger charge is -2.24. The van der Waals surface area contributed by atoms with Crippen molar-refractivity contribution in [2.24, 2.45) is 11.8 Å². The molecule has 2 heterocycles. The zero-order valence-electron chi connectivity index (χ0n) is 11.5. The molecule has 1 aliphatic carbocycles. The molecule has 1 saturated heterocycles. The van der Waals surface area contributed by atoms with Crippen molar-refractivity contribution < 1.29 is 14.7 Å². The number of carboxylic acids is 1. The number of rotatable bonds is 3. The molecule has 0 aromatic carbocycles. The van der Waals surface area contributed by atoms with Gasteiger partial charge in [-0.05, 0) is 43.7 Å². The van der Waals surface area contributed by atoms with Crippen LogP contribution in [0.5, 0.6) is 0 Å². The molecule has 1 aromatic rings.